The van der Waals surface area contributed by atoms with Crippen molar-refractivity contribution in [1.29, 1.82) is 0 Å². The van der Waals surface area contributed by atoms with E-state index in [-0.39, 0.29) is 24.2 Å². The first-order valence-corrected chi connectivity index (χ1v) is 8.66. The first-order valence-electron chi connectivity index (χ1n) is 8.66. The smallest absolute Gasteiger partial charge is 0.255 e. The zero-order chi connectivity index (χ0) is 17.1. The lowest BCUT2D eigenvalue weighted by atomic mass is 10.0. The molecule has 0 saturated carbocycles. The van der Waals surface area contributed by atoms with E-state index in [1.807, 2.05) is 17.0 Å². The lowest BCUT2D eigenvalue weighted by molar-refractivity contribution is -0.0809. The maximum atomic E-state index is 12.9. The lowest BCUT2D eigenvalue weighted by Gasteiger charge is -2.32. The van der Waals surface area contributed by atoms with Crippen molar-refractivity contribution in [2.24, 2.45) is 0 Å². The summed E-state index contributed by atoms with van der Waals surface area (Å²) in [6, 6.07) is 7.54. The summed E-state index contributed by atoms with van der Waals surface area (Å²) in [5.74, 6) is 0.00334. The van der Waals surface area contributed by atoms with Gasteiger partial charge in [-0.1, -0.05) is 0 Å². The van der Waals surface area contributed by atoms with Crippen molar-refractivity contribution in [3.8, 4) is 0 Å². The minimum Gasteiger partial charge on any atom is -0.373 e. The largest absolute Gasteiger partial charge is 0.373 e. The molecule has 0 aromatic carbocycles. The Labute approximate surface area is 146 Å². The molecule has 2 aromatic rings. The van der Waals surface area contributed by atoms with E-state index in [0.29, 0.717) is 18.7 Å². The highest BCUT2D eigenvalue weighted by Crippen LogP contribution is 2.32. The summed E-state index contributed by atoms with van der Waals surface area (Å²) in [7, 11) is 0. The molecule has 2 saturated heterocycles. The van der Waals surface area contributed by atoms with Crippen LogP contribution in [0.5, 0.6) is 0 Å². The van der Waals surface area contributed by atoms with Crippen LogP contribution in [0.15, 0.2) is 49.1 Å². The third-order valence-electron chi connectivity index (χ3n) is 4.86. The quantitative estimate of drug-likeness (QED) is 0.853. The van der Waals surface area contributed by atoms with E-state index >= 15 is 0 Å². The molecule has 130 valence electrons. The van der Waals surface area contributed by atoms with Gasteiger partial charge >= 0.3 is 0 Å². The van der Waals surface area contributed by atoms with Gasteiger partial charge in [-0.25, -0.2) is 0 Å². The number of likely N-dealkylation sites (tertiary alicyclic amines) is 1. The molecule has 4 rings (SSSR count). The minimum atomic E-state index is -0.112. The Morgan fingerprint density at radius 2 is 2.12 bits per heavy atom. The monoisotopic (exact) mass is 339 g/mol. The molecule has 3 atom stereocenters. The van der Waals surface area contributed by atoms with Crippen molar-refractivity contribution in [1.82, 2.24) is 14.9 Å². The predicted octanol–water partition coefficient (Wildman–Crippen LogP) is 2.07. The van der Waals surface area contributed by atoms with Gasteiger partial charge in [-0.15, -0.1) is 0 Å². The Kier molecular flexibility index (Phi) is 4.72. The van der Waals surface area contributed by atoms with Crippen molar-refractivity contribution in [3.05, 3.63) is 60.2 Å². The molecule has 6 nitrogen and oxygen atoms in total. The molecule has 25 heavy (non-hydrogen) atoms. The van der Waals surface area contributed by atoms with E-state index in [9.17, 15) is 4.79 Å². The molecule has 0 aliphatic carbocycles. The summed E-state index contributed by atoms with van der Waals surface area (Å²) in [6.07, 6.45) is 8.55. The molecule has 0 unspecified atom stereocenters. The van der Waals surface area contributed by atoms with E-state index in [2.05, 4.69) is 9.97 Å². The fourth-order valence-electron chi connectivity index (χ4n) is 3.63. The Morgan fingerprint density at radius 3 is 2.92 bits per heavy atom. The van der Waals surface area contributed by atoms with Gasteiger partial charge in [0.25, 0.3) is 5.91 Å². The van der Waals surface area contributed by atoms with Crippen LogP contribution >= 0.6 is 0 Å². The number of hydrogen-bond donors (Lipinski definition) is 0. The van der Waals surface area contributed by atoms with Crippen LogP contribution in [-0.4, -0.2) is 52.2 Å². The summed E-state index contributed by atoms with van der Waals surface area (Å²) in [6.45, 7) is 1.77. The Morgan fingerprint density at radius 1 is 1.24 bits per heavy atom. The van der Waals surface area contributed by atoms with Crippen LogP contribution in [0.4, 0.5) is 0 Å². The second-order valence-corrected chi connectivity index (χ2v) is 6.45. The predicted molar refractivity (Wildman–Crippen MR) is 90.8 cm³/mol. The molecular weight excluding hydrogens is 318 g/mol. The highest BCUT2D eigenvalue weighted by molar-refractivity contribution is 5.94. The van der Waals surface area contributed by atoms with Gasteiger partial charge in [0.05, 0.1) is 24.8 Å². The van der Waals surface area contributed by atoms with Crippen LogP contribution in [-0.2, 0) is 16.1 Å². The number of nitrogens with zero attached hydrogens (tertiary/aromatic N) is 3. The molecule has 1 amide bonds. The molecule has 2 fully saturated rings. The second kappa shape index (κ2) is 7.29. The van der Waals surface area contributed by atoms with Crippen LogP contribution in [0.3, 0.4) is 0 Å². The highest BCUT2D eigenvalue weighted by Gasteiger charge is 2.46. The molecule has 2 aliphatic heterocycles. The molecule has 6 heteroatoms. The third kappa shape index (κ3) is 3.41. The average Bonchev–Trinajstić information content (AvgIpc) is 3.06. The topological polar surface area (TPSA) is 64.6 Å². The average molecular weight is 339 g/mol. The first kappa shape index (κ1) is 16.2. The number of carbonyl (C=O) groups excluding carboxylic acids is 1. The number of aromatic nitrogens is 2. The Hall–Kier alpha value is -2.31. The van der Waals surface area contributed by atoms with E-state index in [4.69, 9.17) is 9.47 Å². The fraction of sp³-hybridized carbons (Fsp3) is 0.421. The van der Waals surface area contributed by atoms with E-state index in [0.717, 1.165) is 25.0 Å². The molecule has 2 aromatic heterocycles. The molecule has 0 radical (unpaired) electrons. The summed E-state index contributed by atoms with van der Waals surface area (Å²) in [5, 5.41) is 0. The maximum absolute atomic E-state index is 12.9. The van der Waals surface area contributed by atoms with Crippen molar-refractivity contribution in [3.63, 3.8) is 0 Å². The van der Waals surface area contributed by atoms with Crippen molar-refractivity contribution < 1.29 is 14.3 Å². The Bertz CT molecular complexity index is 710. The fourth-order valence-corrected chi connectivity index (χ4v) is 3.63. The van der Waals surface area contributed by atoms with E-state index in [1.165, 1.54) is 0 Å². The minimum absolute atomic E-state index is 0.00334. The van der Waals surface area contributed by atoms with Gasteiger partial charge < -0.3 is 14.4 Å². The Balaban J connectivity index is 1.48. The van der Waals surface area contributed by atoms with Crippen LogP contribution in [0.25, 0.3) is 0 Å². The standard InChI is InChI=1S/C19H21N3O3/c23-19(15-3-1-7-21-11-15)22-12-17(18-16(22)4-2-10-24-18)25-13-14-5-8-20-9-6-14/h1,3,5-9,11,16-18H,2,4,10,12-13H2/t16-,17+,18+/m1/s1. The maximum Gasteiger partial charge on any atom is 0.255 e. The van der Waals surface area contributed by atoms with E-state index < -0.39 is 0 Å². The molecular formula is C19H21N3O3. The van der Waals surface area contributed by atoms with Gasteiger partial charge in [-0.2, -0.15) is 0 Å². The second-order valence-electron chi connectivity index (χ2n) is 6.45. The summed E-state index contributed by atoms with van der Waals surface area (Å²) in [4.78, 5) is 22.9. The van der Waals surface area contributed by atoms with Gasteiger partial charge in [-0.3, -0.25) is 14.8 Å². The number of fused-ring (bicyclic) bond motifs is 1. The van der Waals surface area contributed by atoms with Crippen molar-refractivity contribution in [2.75, 3.05) is 13.2 Å². The van der Waals surface area contributed by atoms with Crippen molar-refractivity contribution >= 4 is 5.91 Å². The van der Waals surface area contributed by atoms with Gasteiger partial charge in [0.1, 0.15) is 12.2 Å². The van der Waals surface area contributed by atoms with Crippen LogP contribution < -0.4 is 0 Å². The summed E-state index contributed by atoms with van der Waals surface area (Å²) >= 11 is 0. The zero-order valence-electron chi connectivity index (χ0n) is 14.0. The zero-order valence-corrected chi connectivity index (χ0v) is 14.0. The van der Waals surface area contributed by atoms with E-state index in [1.54, 1.807) is 36.9 Å². The first-order chi connectivity index (χ1) is 12.3. The summed E-state index contributed by atoms with van der Waals surface area (Å²) in [5.41, 5.74) is 1.68. The number of hydrogen-bond acceptors (Lipinski definition) is 5. The third-order valence-corrected chi connectivity index (χ3v) is 4.86. The SMILES string of the molecule is O=C(c1cccnc1)N1C[C@H](OCc2ccncc2)[C@H]2OCCC[C@H]21. The normalized spacial score (nSPS) is 25.6. The number of ether oxygens (including phenoxy) is 2. The van der Waals surface area contributed by atoms with Gasteiger partial charge in [0.2, 0.25) is 0 Å². The molecule has 0 N–H and O–H groups in total. The summed E-state index contributed by atoms with van der Waals surface area (Å²) < 4.78 is 12.1. The van der Waals surface area contributed by atoms with Crippen LogP contribution in [0.2, 0.25) is 0 Å². The van der Waals surface area contributed by atoms with Crippen LogP contribution in [0.1, 0.15) is 28.8 Å². The molecule has 0 bridgehead atoms. The molecule has 2 aliphatic rings. The van der Waals surface area contributed by atoms with Gasteiger partial charge in [-0.05, 0) is 42.7 Å². The molecule has 4 heterocycles. The molecule has 0 spiro atoms. The van der Waals surface area contributed by atoms with Crippen molar-refractivity contribution in [2.45, 2.75) is 37.7 Å². The lowest BCUT2D eigenvalue weighted by Crippen LogP contribution is -2.43. The van der Waals surface area contributed by atoms with Gasteiger partial charge in [0.15, 0.2) is 0 Å². The number of carbonyl (C=O) groups is 1. The van der Waals surface area contributed by atoms with Crippen LogP contribution in [0, 0.1) is 0 Å². The number of amides is 1. The van der Waals surface area contributed by atoms with Gasteiger partial charge in [0, 0.05) is 31.4 Å². The number of pyridine rings is 2. The number of rotatable bonds is 4. The highest BCUT2D eigenvalue weighted by atomic mass is 16.5.